The Hall–Kier alpha value is -0.860. The molecule has 3 atom stereocenters. The predicted molar refractivity (Wildman–Crippen MR) is 71.3 cm³/mol. The third-order valence-electron chi connectivity index (χ3n) is 4.75. The third kappa shape index (κ3) is 2.19. The zero-order chi connectivity index (χ0) is 12.5. The van der Waals surface area contributed by atoms with Gasteiger partial charge in [-0.05, 0) is 48.1 Å². The predicted octanol–water partition coefficient (Wildman–Crippen LogP) is 2.96. The third-order valence-corrected chi connectivity index (χ3v) is 4.75. The average Bonchev–Trinajstić information content (AvgIpc) is 2.88. The number of aliphatic hydroxyl groups excluding tert-OH is 1. The Balaban J connectivity index is 1.62. The van der Waals surface area contributed by atoms with Crippen LogP contribution >= 0.6 is 0 Å². The fourth-order valence-electron chi connectivity index (χ4n) is 3.67. The summed E-state index contributed by atoms with van der Waals surface area (Å²) >= 11 is 0. The van der Waals surface area contributed by atoms with Gasteiger partial charge in [0.1, 0.15) is 0 Å². The van der Waals surface area contributed by atoms with E-state index in [0.29, 0.717) is 5.92 Å². The number of ether oxygens (including phenoxy) is 1. The van der Waals surface area contributed by atoms with Crippen LogP contribution in [0.15, 0.2) is 24.3 Å². The summed E-state index contributed by atoms with van der Waals surface area (Å²) in [6, 6.07) is 8.42. The number of rotatable bonds is 5. The van der Waals surface area contributed by atoms with E-state index >= 15 is 0 Å². The van der Waals surface area contributed by atoms with E-state index in [4.69, 9.17) is 4.74 Å². The van der Waals surface area contributed by atoms with E-state index in [-0.39, 0.29) is 6.10 Å². The summed E-state index contributed by atoms with van der Waals surface area (Å²) in [6.45, 7) is 0.759. The molecule has 0 aliphatic heterocycles. The lowest BCUT2D eigenvalue weighted by Crippen LogP contribution is -2.04. The number of fused-ring (bicyclic) bond motifs is 1. The standard InChI is InChI=1S/C16H22O2/c1-18-10-9-11-5-7-12(8-6-11)16(17)15-13-3-2-4-14(13)15/h5-8,13-17H,2-4,9-10H2,1H3. The lowest BCUT2D eigenvalue weighted by molar-refractivity contribution is 0.137. The van der Waals surface area contributed by atoms with E-state index < -0.39 is 0 Å². The molecule has 2 aliphatic carbocycles. The van der Waals surface area contributed by atoms with Crippen molar-refractivity contribution in [2.75, 3.05) is 13.7 Å². The van der Waals surface area contributed by atoms with Crippen LogP contribution in [0.1, 0.15) is 36.5 Å². The van der Waals surface area contributed by atoms with Gasteiger partial charge in [-0.1, -0.05) is 30.7 Å². The first-order valence-corrected chi connectivity index (χ1v) is 7.07. The molecule has 0 saturated heterocycles. The Morgan fingerprint density at radius 1 is 1.22 bits per heavy atom. The lowest BCUT2D eigenvalue weighted by atomic mass is 9.98. The van der Waals surface area contributed by atoms with Crippen LogP contribution in [-0.2, 0) is 11.2 Å². The number of methoxy groups -OCH3 is 1. The molecule has 3 unspecified atom stereocenters. The SMILES string of the molecule is COCCc1ccc(C(O)C2C3CCCC32)cc1. The van der Waals surface area contributed by atoms with Gasteiger partial charge in [0.25, 0.3) is 0 Å². The molecule has 0 aromatic heterocycles. The van der Waals surface area contributed by atoms with Crippen LogP contribution in [-0.4, -0.2) is 18.8 Å². The number of hydrogen-bond acceptors (Lipinski definition) is 2. The lowest BCUT2D eigenvalue weighted by Gasteiger charge is -2.13. The zero-order valence-corrected chi connectivity index (χ0v) is 11.0. The first kappa shape index (κ1) is 12.2. The van der Waals surface area contributed by atoms with E-state index in [1.54, 1.807) is 7.11 Å². The zero-order valence-electron chi connectivity index (χ0n) is 11.0. The molecular weight excluding hydrogens is 224 g/mol. The second kappa shape index (κ2) is 5.02. The Kier molecular flexibility index (Phi) is 3.40. The molecule has 2 nitrogen and oxygen atoms in total. The Morgan fingerprint density at radius 2 is 1.89 bits per heavy atom. The molecule has 98 valence electrons. The summed E-state index contributed by atoms with van der Waals surface area (Å²) in [7, 11) is 1.73. The van der Waals surface area contributed by atoms with Gasteiger partial charge in [-0.3, -0.25) is 0 Å². The molecule has 0 bridgehead atoms. The quantitative estimate of drug-likeness (QED) is 0.865. The van der Waals surface area contributed by atoms with Crippen molar-refractivity contribution in [2.24, 2.45) is 17.8 Å². The fraction of sp³-hybridized carbons (Fsp3) is 0.625. The molecule has 3 rings (SSSR count). The van der Waals surface area contributed by atoms with Crippen molar-refractivity contribution in [3.63, 3.8) is 0 Å². The van der Waals surface area contributed by atoms with E-state index in [0.717, 1.165) is 30.4 Å². The van der Waals surface area contributed by atoms with Gasteiger partial charge in [0, 0.05) is 7.11 Å². The molecule has 1 aromatic carbocycles. The van der Waals surface area contributed by atoms with Crippen molar-refractivity contribution in [3.05, 3.63) is 35.4 Å². The van der Waals surface area contributed by atoms with Crippen LogP contribution in [0.25, 0.3) is 0 Å². The van der Waals surface area contributed by atoms with Crippen molar-refractivity contribution < 1.29 is 9.84 Å². The van der Waals surface area contributed by atoms with Crippen LogP contribution < -0.4 is 0 Å². The summed E-state index contributed by atoms with van der Waals surface area (Å²) in [5, 5.41) is 10.4. The Labute approximate surface area is 109 Å². The van der Waals surface area contributed by atoms with Gasteiger partial charge >= 0.3 is 0 Å². The van der Waals surface area contributed by atoms with Gasteiger partial charge in [-0.15, -0.1) is 0 Å². The summed E-state index contributed by atoms with van der Waals surface area (Å²) in [5.41, 5.74) is 2.37. The highest BCUT2D eigenvalue weighted by Crippen LogP contribution is 2.62. The van der Waals surface area contributed by atoms with Crippen molar-refractivity contribution in [2.45, 2.75) is 31.8 Å². The average molecular weight is 246 g/mol. The minimum absolute atomic E-state index is 0.239. The van der Waals surface area contributed by atoms with Crippen molar-refractivity contribution in [1.29, 1.82) is 0 Å². The molecule has 2 aliphatic rings. The molecule has 1 aromatic rings. The maximum absolute atomic E-state index is 10.4. The minimum atomic E-state index is -0.239. The highest BCUT2D eigenvalue weighted by molar-refractivity contribution is 5.26. The largest absolute Gasteiger partial charge is 0.388 e. The van der Waals surface area contributed by atoms with E-state index in [1.165, 1.54) is 24.8 Å². The van der Waals surface area contributed by atoms with Crippen LogP contribution in [0.4, 0.5) is 0 Å². The highest BCUT2D eigenvalue weighted by Gasteiger charge is 2.55. The molecule has 18 heavy (non-hydrogen) atoms. The highest BCUT2D eigenvalue weighted by atomic mass is 16.5. The molecule has 0 heterocycles. The molecule has 0 radical (unpaired) electrons. The number of hydrogen-bond donors (Lipinski definition) is 1. The fourth-order valence-corrected chi connectivity index (χ4v) is 3.67. The van der Waals surface area contributed by atoms with Crippen LogP contribution in [0.3, 0.4) is 0 Å². The van der Waals surface area contributed by atoms with Crippen molar-refractivity contribution in [1.82, 2.24) is 0 Å². The molecular formula is C16H22O2. The maximum atomic E-state index is 10.4. The molecule has 2 fully saturated rings. The number of benzene rings is 1. The monoisotopic (exact) mass is 246 g/mol. The van der Waals surface area contributed by atoms with Crippen LogP contribution in [0.2, 0.25) is 0 Å². The van der Waals surface area contributed by atoms with E-state index in [9.17, 15) is 5.11 Å². The normalized spacial score (nSPS) is 31.1. The molecule has 0 spiro atoms. The van der Waals surface area contributed by atoms with E-state index in [1.807, 2.05) is 0 Å². The maximum Gasteiger partial charge on any atom is 0.0823 e. The number of aliphatic hydroxyl groups is 1. The second-order valence-corrected chi connectivity index (χ2v) is 5.77. The second-order valence-electron chi connectivity index (χ2n) is 5.77. The van der Waals surface area contributed by atoms with Gasteiger partial charge < -0.3 is 9.84 Å². The van der Waals surface area contributed by atoms with Crippen molar-refractivity contribution >= 4 is 0 Å². The summed E-state index contributed by atoms with van der Waals surface area (Å²) in [5.74, 6) is 2.17. The molecule has 2 heteroatoms. The summed E-state index contributed by atoms with van der Waals surface area (Å²) < 4.78 is 5.07. The minimum Gasteiger partial charge on any atom is -0.388 e. The van der Waals surface area contributed by atoms with Crippen molar-refractivity contribution in [3.8, 4) is 0 Å². The summed E-state index contributed by atoms with van der Waals surface area (Å²) in [4.78, 5) is 0. The van der Waals surface area contributed by atoms with Gasteiger partial charge in [0.05, 0.1) is 12.7 Å². The topological polar surface area (TPSA) is 29.5 Å². The molecule has 2 saturated carbocycles. The van der Waals surface area contributed by atoms with Crippen LogP contribution in [0.5, 0.6) is 0 Å². The van der Waals surface area contributed by atoms with Gasteiger partial charge in [-0.25, -0.2) is 0 Å². The smallest absolute Gasteiger partial charge is 0.0823 e. The van der Waals surface area contributed by atoms with Gasteiger partial charge in [0.2, 0.25) is 0 Å². The van der Waals surface area contributed by atoms with E-state index in [2.05, 4.69) is 24.3 Å². The van der Waals surface area contributed by atoms with Gasteiger partial charge in [-0.2, -0.15) is 0 Å². The first-order valence-electron chi connectivity index (χ1n) is 7.07. The molecule has 1 N–H and O–H groups in total. The molecule has 0 amide bonds. The Morgan fingerprint density at radius 3 is 2.50 bits per heavy atom. The van der Waals surface area contributed by atoms with Crippen LogP contribution in [0, 0.1) is 17.8 Å². The first-order chi connectivity index (χ1) is 8.81. The summed E-state index contributed by atoms with van der Waals surface area (Å²) in [6.07, 6.45) is 4.74. The van der Waals surface area contributed by atoms with Gasteiger partial charge in [0.15, 0.2) is 0 Å². The Bertz CT molecular complexity index is 388.